The average Bonchev–Trinajstić information content (AvgIpc) is 2.77. The van der Waals surface area contributed by atoms with Gasteiger partial charge >= 0.3 is 0 Å². The number of rotatable bonds is 4. The highest BCUT2D eigenvalue weighted by Gasteiger charge is 2.24. The van der Waals surface area contributed by atoms with Gasteiger partial charge in [-0.1, -0.05) is 12.1 Å². The molecule has 0 spiro atoms. The van der Waals surface area contributed by atoms with Crippen LogP contribution in [0.2, 0.25) is 0 Å². The largest absolute Gasteiger partial charge is 0.339 e. The van der Waals surface area contributed by atoms with Crippen molar-refractivity contribution in [2.24, 2.45) is 0 Å². The molecule has 8 nitrogen and oxygen atoms in total. The fraction of sp³-hybridized carbons (Fsp3) is 0.286. The third kappa shape index (κ3) is 4.31. The molecule has 0 unspecified atom stereocenters. The number of nitrogens with zero attached hydrogens (tertiary/aromatic N) is 6. The van der Waals surface area contributed by atoms with E-state index in [0.29, 0.717) is 43.6 Å². The molecule has 1 aliphatic heterocycles. The van der Waals surface area contributed by atoms with E-state index in [-0.39, 0.29) is 5.91 Å². The number of hydrogen-bond donors (Lipinski definition) is 1. The van der Waals surface area contributed by atoms with Gasteiger partial charge in [0.2, 0.25) is 5.95 Å². The Labute approximate surface area is 169 Å². The third-order valence-electron chi connectivity index (χ3n) is 4.94. The first-order chi connectivity index (χ1) is 14.1. The van der Waals surface area contributed by atoms with Crippen LogP contribution in [0.1, 0.15) is 21.6 Å². The standard InChI is InChI=1S/C21H23N7O/c1-15-4-5-16(2)18(14-15)24-19-7-6-17(25-26-19)20(29)27-10-12-28(13-11-27)21-22-8-3-9-23-21/h3-9,14H,10-13H2,1-2H3,(H,24,26). The Kier molecular flexibility index (Phi) is 5.33. The van der Waals surface area contributed by atoms with Crippen molar-refractivity contribution in [1.29, 1.82) is 0 Å². The van der Waals surface area contributed by atoms with Gasteiger partial charge in [-0.05, 0) is 49.2 Å². The lowest BCUT2D eigenvalue weighted by Crippen LogP contribution is -2.49. The quantitative estimate of drug-likeness (QED) is 0.734. The molecule has 3 heterocycles. The van der Waals surface area contributed by atoms with Crippen LogP contribution in [0.4, 0.5) is 17.5 Å². The molecule has 0 aliphatic carbocycles. The molecular formula is C21H23N7O. The molecule has 0 saturated carbocycles. The van der Waals surface area contributed by atoms with Crippen molar-refractivity contribution >= 4 is 23.4 Å². The highest BCUT2D eigenvalue weighted by Crippen LogP contribution is 2.20. The molecule has 8 heteroatoms. The lowest BCUT2D eigenvalue weighted by atomic mass is 10.1. The van der Waals surface area contributed by atoms with Crippen molar-refractivity contribution in [2.45, 2.75) is 13.8 Å². The van der Waals surface area contributed by atoms with E-state index >= 15 is 0 Å². The number of carbonyl (C=O) groups excluding carboxylic acids is 1. The fourth-order valence-electron chi connectivity index (χ4n) is 3.25. The summed E-state index contributed by atoms with van der Waals surface area (Å²) in [7, 11) is 0. The summed E-state index contributed by atoms with van der Waals surface area (Å²) < 4.78 is 0. The molecule has 1 aliphatic rings. The van der Waals surface area contributed by atoms with Gasteiger partial charge in [0.05, 0.1) is 0 Å². The van der Waals surface area contributed by atoms with E-state index in [1.54, 1.807) is 35.5 Å². The van der Waals surface area contributed by atoms with Crippen molar-refractivity contribution in [3.05, 3.63) is 65.6 Å². The number of aromatic nitrogens is 4. The van der Waals surface area contributed by atoms with Crippen LogP contribution in [0.25, 0.3) is 0 Å². The second-order valence-electron chi connectivity index (χ2n) is 7.08. The zero-order valence-corrected chi connectivity index (χ0v) is 16.5. The molecular weight excluding hydrogens is 366 g/mol. The summed E-state index contributed by atoms with van der Waals surface area (Å²) in [6, 6.07) is 11.5. The first-order valence-electron chi connectivity index (χ1n) is 9.59. The summed E-state index contributed by atoms with van der Waals surface area (Å²) in [6.45, 7) is 6.66. The lowest BCUT2D eigenvalue weighted by molar-refractivity contribution is 0.0739. The summed E-state index contributed by atoms with van der Waals surface area (Å²) >= 11 is 0. The Bertz CT molecular complexity index is 984. The number of nitrogens with one attached hydrogen (secondary N) is 1. The Balaban J connectivity index is 1.38. The van der Waals surface area contributed by atoms with Crippen molar-refractivity contribution in [2.75, 3.05) is 36.4 Å². The molecule has 0 radical (unpaired) electrons. The van der Waals surface area contributed by atoms with E-state index in [9.17, 15) is 4.79 Å². The number of anilines is 3. The number of benzene rings is 1. The van der Waals surface area contributed by atoms with Gasteiger partial charge in [-0.3, -0.25) is 4.79 Å². The van der Waals surface area contributed by atoms with Crippen LogP contribution in [0.5, 0.6) is 0 Å². The highest BCUT2D eigenvalue weighted by atomic mass is 16.2. The minimum absolute atomic E-state index is 0.107. The lowest BCUT2D eigenvalue weighted by Gasteiger charge is -2.34. The number of piperazine rings is 1. The van der Waals surface area contributed by atoms with Gasteiger partial charge < -0.3 is 15.1 Å². The number of aryl methyl sites for hydroxylation is 2. The Morgan fingerprint density at radius 3 is 2.41 bits per heavy atom. The van der Waals surface area contributed by atoms with Gasteiger partial charge in [-0.2, -0.15) is 0 Å². The maximum absolute atomic E-state index is 12.8. The molecule has 148 valence electrons. The molecule has 1 aromatic carbocycles. The Hall–Kier alpha value is -3.55. The minimum atomic E-state index is -0.107. The first kappa shape index (κ1) is 18.8. The molecule has 29 heavy (non-hydrogen) atoms. The van der Waals surface area contributed by atoms with Gasteiger partial charge in [-0.25, -0.2) is 9.97 Å². The van der Waals surface area contributed by atoms with Gasteiger partial charge in [0.25, 0.3) is 5.91 Å². The molecule has 1 fully saturated rings. The predicted molar refractivity (Wildman–Crippen MR) is 111 cm³/mol. The molecule has 4 rings (SSSR count). The highest BCUT2D eigenvalue weighted by molar-refractivity contribution is 5.92. The van der Waals surface area contributed by atoms with Crippen LogP contribution in [0.15, 0.2) is 48.8 Å². The third-order valence-corrected chi connectivity index (χ3v) is 4.94. The van der Waals surface area contributed by atoms with E-state index in [1.165, 1.54) is 0 Å². The molecule has 1 N–H and O–H groups in total. The fourth-order valence-corrected chi connectivity index (χ4v) is 3.25. The summed E-state index contributed by atoms with van der Waals surface area (Å²) in [5.74, 6) is 1.20. The second-order valence-corrected chi connectivity index (χ2v) is 7.08. The number of amides is 1. The summed E-state index contributed by atoms with van der Waals surface area (Å²) in [5, 5.41) is 11.6. The molecule has 0 bridgehead atoms. The first-order valence-corrected chi connectivity index (χ1v) is 9.59. The van der Waals surface area contributed by atoms with Gasteiger partial charge in [-0.15, -0.1) is 10.2 Å². The molecule has 0 atom stereocenters. The van der Waals surface area contributed by atoms with E-state index in [1.807, 2.05) is 13.8 Å². The maximum atomic E-state index is 12.8. The van der Waals surface area contributed by atoms with Gasteiger partial charge in [0.15, 0.2) is 11.5 Å². The summed E-state index contributed by atoms with van der Waals surface area (Å²) in [6.07, 6.45) is 3.45. The summed E-state index contributed by atoms with van der Waals surface area (Å²) in [5.41, 5.74) is 3.62. The van der Waals surface area contributed by atoms with E-state index in [0.717, 1.165) is 16.8 Å². The number of carbonyl (C=O) groups is 1. The van der Waals surface area contributed by atoms with E-state index < -0.39 is 0 Å². The van der Waals surface area contributed by atoms with Crippen molar-refractivity contribution in [3.8, 4) is 0 Å². The van der Waals surface area contributed by atoms with Crippen molar-refractivity contribution in [3.63, 3.8) is 0 Å². The predicted octanol–water partition coefficient (Wildman–Crippen LogP) is 2.59. The zero-order chi connectivity index (χ0) is 20.2. The second kappa shape index (κ2) is 8.22. The molecule has 1 amide bonds. The SMILES string of the molecule is Cc1ccc(C)c(Nc2ccc(C(=O)N3CCN(c4ncccn4)CC3)nn2)c1. The van der Waals surface area contributed by atoms with Crippen LogP contribution < -0.4 is 10.2 Å². The Morgan fingerprint density at radius 1 is 0.966 bits per heavy atom. The Morgan fingerprint density at radius 2 is 1.72 bits per heavy atom. The van der Waals surface area contributed by atoms with Gasteiger partial charge in [0.1, 0.15) is 0 Å². The zero-order valence-electron chi connectivity index (χ0n) is 16.5. The van der Waals surface area contributed by atoms with Crippen LogP contribution >= 0.6 is 0 Å². The monoisotopic (exact) mass is 389 g/mol. The van der Waals surface area contributed by atoms with Gasteiger partial charge in [0, 0.05) is 44.3 Å². The smallest absolute Gasteiger partial charge is 0.274 e. The molecule has 3 aromatic rings. The summed E-state index contributed by atoms with van der Waals surface area (Å²) in [4.78, 5) is 25.2. The molecule has 2 aromatic heterocycles. The maximum Gasteiger partial charge on any atom is 0.274 e. The van der Waals surface area contributed by atoms with E-state index in [4.69, 9.17) is 0 Å². The van der Waals surface area contributed by atoms with Crippen LogP contribution in [0.3, 0.4) is 0 Å². The van der Waals surface area contributed by atoms with Crippen molar-refractivity contribution in [1.82, 2.24) is 25.1 Å². The minimum Gasteiger partial charge on any atom is -0.339 e. The normalized spacial score (nSPS) is 14.0. The number of hydrogen-bond acceptors (Lipinski definition) is 7. The molecule has 1 saturated heterocycles. The van der Waals surface area contributed by atoms with Crippen LogP contribution in [-0.2, 0) is 0 Å². The van der Waals surface area contributed by atoms with Crippen LogP contribution in [-0.4, -0.2) is 57.2 Å². The topological polar surface area (TPSA) is 87.1 Å². The average molecular weight is 389 g/mol. The van der Waals surface area contributed by atoms with E-state index in [2.05, 4.69) is 48.6 Å². The van der Waals surface area contributed by atoms with Crippen molar-refractivity contribution < 1.29 is 4.79 Å². The van der Waals surface area contributed by atoms with Crippen LogP contribution in [0, 0.1) is 13.8 Å².